The summed E-state index contributed by atoms with van der Waals surface area (Å²) in [4.78, 5) is 21.7. The van der Waals surface area contributed by atoms with Gasteiger partial charge < -0.3 is 15.2 Å². The second-order valence-corrected chi connectivity index (χ2v) is 7.81. The first-order chi connectivity index (χ1) is 14.4. The molecule has 7 heteroatoms. The minimum atomic E-state index is -1.46. The molecule has 0 aliphatic carbocycles. The van der Waals surface area contributed by atoms with E-state index in [1.165, 1.54) is 10.6 Å². The van der Waals surface area contributed by atoms with Gasteiger partial charge in [-0.25, -0.2) is 9.97 Å². The van der Waals surface area contributed by atoms with Crippen molar-refractivity contribution in [3.8, 4) is 11.3 Å². The molecule has 1 unspecified atom stereocenters. The molecule has 30 heavy (non-hydrogen) atoms. The van der Waals surface area contributed by atoms with E-state index >= 15 is 0 Å². The molecule has 0 radical (unpaired) electrons. The Kier molecular flexibility index (Phi) is 5.65. The molecule has 0 amide bonds. The van der Waals surface area contributed by atoms with Crippen LogP contribution < -0.4 is 10.9 Å². The van der Waals surface area contributed by atoms with Gasteiger partial charge in [-0.05, 0) is 38.8 Å². The highest BCUT2D eigenvalue weighted by molar-refractivity contribution is 5.59. The minimum absolute atomic E-state index is 0.284. The SMILES string of the molecule is Cc1cccc(C(C)(O)n2ccc(-c3ccnc(NC4CCOCC4)n3)cc2=O)c1. The maximum Gasteiger partial charge on any atom is 0.253 e. The molecular weight excluding hydrogens is 380 g/mol. The summed E-state index contributed by atoms with van der Waals surface area (Å²) in [7, 11) is 0. The molecule has 2 N–H and O–H groups in total. The van der Waals surface area contributed by atoms with Crippen molar-refractivity contribution < 1.29 is 9.84 Å². The largest absolute Gasteiger partial charge is 0.381 e. The van der Waals surface area contributed by atoms with E-state index in [4.69, 9.17) is 4.74 Å². The summed E-state index contributed by atoms with van der Waals surface area (Å²) in [5, 5.41) is 14.4. The number of pyridine rings is 1. The molecule has 1 fully saturated rings. The van der Waals surface area contributed by atoms with Gasteiger partial charge in [0.1, 0.15) is 0 Å². The van der Waals surface area contributed by atoms with Gasteiger partial charge in [0.2, 0.25) is 5.95 Å². The number of hydrogen-bond donors (Lipinski definition) is 2. The zero-order valence-corrected chi connectivity index (χ0v) is 17.2. The van der Waals surface area contributed by atoms with Crippen molar-refractivity contribution in [1.82, 2.24) is 14.5 Å². The molecule has 1 aliphatic heterocycles. The van der Waals surface area contributed by atoms with Crippen molar-refractivity contribution in [2.45, 2.75) is 38.5 Å². The molecule has 2 aromatic heterocycles. The third-order valence-electron chi connectivity index (χ3n) is 5.46. The molecule has 1 atom stereocenters. The van der Waals surface area contributed by atoms with Crippen LogP contribution in [0.5, 0.6) is 0 Å². The van der Waals surface area contributed by atoms with Crippen LogP contribution in [0.4, 0.5) is 5.95 Å². The Morgan fingerprint density at radius 3 is 2.73 bits per heavy atom. The predicted octanol–water partition coefficient (Wildman–Crippen LogP) is 2.92. The van der Waals surface area contributed by atoms with Gasteiger partial charge in [0.25, 0.3) is 5.56 Å². The van der Waals surface area contributed by atoms with Crippen LogP contribution in [-0.4, -0.2) is 38.9 Å². The molecule has 0 spiro atoms. The molecule has 3 heterocycles. The van der Waals surface area contributed by atoms with E-state index in [0.717, 1.165) is 31.6 Å². The smallest absolute Gasteiger partial charge is 0.253 e. The van der Waals surface area contributed by atoms with Crippen LogP contribution in [0.2, 0.25) is 0 Å². The average molecular weight is 406 g/mol. The number of nitrogens with zero attached hydrogens (tertiary/aromatic N) is 3. The molecule has 0 saturated carbocycles. The van der Waals surface area contributed by atoms with Gasteiger partial charge >= 0.3 is 0 Å². The highest BCUT2D eigenvalue weighted by Gasteiger charge is 2.26. The van der Waals surface area contributed by atoms with Crippen LogP contribution in [0, 0.1) is 6.92 Å². The second kappa shape index (κ2) is 8.38. The normalized spacial score (nSPS) is 16.8. The predicted molar refractivity (Wildman–Crippen MR) is 115 cm³/mol. The fraction of sp³-hybridized carbons (Fsp3) is 0.348. The minimum Gasteiger partial charge on any atom is -0.381 e. The first-order valence-electron chi connectivity index (χ1n) is 10.1. The maximum absolute atomic E-state index is 12.9. The molecule has 1 saturated heterocycles. The van der Waals surface area contributed by atoms with E-state index in [0.29, 0.717) is 22.8 Å². The number of aryl methyl sites for hydroxylation is 1. The van der Waals surface area contributed by atoms with Crippen LogP contribution in [0.1, 0.15) is 30.9 Å². The lowest BCUT2D eigenvalue weighted by atomic mass is 10.0. The van der Waals surface area contributed by atoms with Gasteiger partial charge in [-0.15, -0.1) is 0 Å². The fourth-order valence-corrected chi connectivity index (χ4v) is 3.69. The van der Waals surface area contributed by atoms with Gasteiger partial charge in [-0.2, -0.15) is 0 Å². The Morgan fingerprint density at radius 2 is 2.00 bits per heavy atom. The lowest BCUT2D eigenvalue weighted by Gasteiger charge is -2.27. The van der Waals surface area contributed by atoms with E-state index in [1.807, 2.05) is 31.2 Å². The Bertz CT molecular complexity index is 1090. The fourth-order valence-electron chi connectivity index (χ4n) is 3.69. The summed E-state index contributed by atoms with van der Waals surface area (Å²) in [5.74, 6) is 0.537. The first-order valence-corrected chi connectivity index (χ1v) is 10.1. The van der Waals surface area contributed by atoms with Crippen LogP contribution in [-0.2, 0) is 10.5 Å². The summed E-state index contributed by atoms with van der Waals surface area (Å²) in [6, 6.07) is 12.8. The Balaban J connectivity index is 1.60. The monoisotopic (exact) mass is 406 g/mol. The Morgan fingerprint density at radius 1 is 1.20 bits per heavy atom. The van der Waals surface area contributed by atoms with Crippen LogP contribution >= 0.6 is 0 Å². The molecular formula is C23H26N4O3. The summed E-state index contributed by atoms with van der Waals surface area (Å²) >= 11 is 0. The average Bonchev–Trinajstić information content (AvgIpc) is 2.74. The van der Waals surface area contributed by atoms with Gasteiger partial charge in [0, 0.05) is 48.8 Å². The van der Waals surface area contributed by atoms with Gasteiger partial charge in [-0.3, -0.25) is 9.36 Å². The highest BCUT2D eigenvalue weighted by Crippen LogP contribution is 2.24. The van der Waals surface area contributed by atoms with E-state index in [1.54, 1.807) is 31.5 Å². The van der Waals surface area contributed by atoms with E-state index in [9.17, 15) is 9.90 Å². The van der Waals surface area contributed by atoms with Gasteiger partial charge in [0.05, 0.1) is 5.69 Å². The van der Waals surface area contributed by atoms with Gasteiger partial charge in [-0.1, -0.05) is 29.8 Å². The third kappa shape index (κ3) is 4.27. The number of benzene rings is 1. The standard InChI is InChI=1S/C23H26N4O3/c1-16-4-3-5-18(14-16)23(2,29)27-11-7-17(15-21(27)28)20-6-10-24-22(26-20)25-19-8-12-30-13-9-19/h3-7,10-11,14-15,19,29H,8-9,12-13H2,1-2H3,(H,24,25,26). The first kappa shape index (κ1) is 20.3. The molecule has 4 rings (SSSR count). The van der Waals surface area contributed by atoms with Crippen molar-refractivity contribution in [2.75, 3.05) is 18.5 Å². The highest BCUT2D eigenvalue weighted by atomic mass is 16.5. The van der Waals surface area contributed by atoms with Crippen LogP contribution in [0.15, 0.2) is 59.7 Å². The number of rotatable bonds is 5. The topological polar surface area (TPSA) is 89.3 Å². The van der Waals surface area contributed by atoms with Crippen molar-refractivity contribution >= 4 is 5.95 Å². The summed E-state index contributed by atoms with van der Waals surface area (Å²) in [6.45, 7) is 5.03. The van der Waals surface area contributed by atoms with E-state index < -0.39 is 5.72 Å². The number of hydrogen-bond acceptors (Lipinski definition) is 6. The summed E-state index contributed by atoms with van der Waals surface area (Å²) < 4.78 is 6.71. The lowest BCUT2D eigenvalue weighted by molar-refractivity contribution is 0.0217. The molecule has 156 valence electrons. The van der Waals surface area contributed by atoms with Crippen LogP contribution in [0.3, 0.4) is 0 Å². The van der Waals surface area contributed by atoms with E-state index in [-0.39, 0.29) is 11.6 Å². The number of nitrogens with one attached hydrogen (secondary N) is 1. The summed E-state index contributed by atoms with van der Waals surface area (Å²) in [6.07, 6.45) is 5.11. The number of aliphatic hydroxyl groups is 1. The molecule has 0 bridgehead atoms. The van der Waals surface area contributed by atoms with E-state index in [2.05, 4.69) is 15.3 Å². The van der Waals surface area contributed by atoms with Crippen molar-refractivity contribution in [3.63, 3.8) is 0 Å². The van der Waals surface area contributed by atoms with Crippen molar-refractivity contribution in [2.24, 2.45) is 0 Å². The molecule has 7 nitrogen and oxygen atoms in total. The zero-order valence-electron chi connectivity index (χ0n) is 17.2. The number of aromatic nitrogens is 3. The Labute approximate surface area is 175 Å². The second-order valence-electron chi connectivity index (χ2n) is 7.81. The molecule has 1 aliphatic rings. The Hall–Kier alpha value is -3.03. The summed E-state index contributed by atoms with van der Waals surface area (Å²) in [5.41, 5.74) is 1.23. The van der Waals surface area contributed by atoms with Gasteiger partial charge in [0.15, 0.2) is 5.72 Å². The molecule has 3 aromatic rings. The number of ether oxygens (including phenoxy) is 1. The van der Waals surface area contributed by atoms with Crippen LogP contribution in [0.25, 0.3) is 11.3 Å². The zero-order chi connectivity index (χ0) is 21.1. The third-order valence-corrected chi connectivity index (χ3v) is 5.46. The lowest BCUT2D eigenvalue weighted by Crippen LogP contribution is -2.39. The number of anilines is 1. The van der Waals surface area contributed by atoms with Crippen molar-refractivity contribution in [3.05, 3.63) is 76.3 Å². The van der Waals surface area contributed by atoms with Crippen molar-refractivity contribution in [1.29, 1.82) is 0 Å². The maximum atomic E-state index is 12.9. The molecule has 1 aromatic carbocycles. The quantitative estimate of drug-likeness (QED) is 0.677.